The fourth-order valence-corrected chi connectivity index (χ4v) is 2.34. The van der Waals surface area contributed by atoms with Gasteiger partial charge in [-0.05, 0) is 24.6 Å². The second-order valence-electron chi connectivity index (χ2n) is 5.47. The molecule has 128 valence electrons. The Bertz CT molecular complexity index is 827. The second-order valence-corrected chi connectivity index (χ2v) is 5.47. The van der Waals surface area contributed by atoms with Gasteiger partial charge in [-0.15, -0.1) is 0 Å². The standard InChI is InChI=1S/C19H19FN4O/c20-15-8-4-9-16(12-15)22-18-13-17(14-6-2-1-3-7-14)23-19(24-18)21-10-5-11-25/h1-4,6-9,12-13,25H,5,10-11H2,(H2,21,22,23,24). The normalized spacial score (nSPS) is 10.5. The van der Waals surface area contributed by atoms with Gasteiger partial charge in [-0.1, -0.05) is 36.4 Å². The minimum Gasteiger partial charge on any atom is -0.396 e. The highest BCUT2D eigenvalue weighted by molar-refractivity contribution is 5.67. The van der Waals surface area contributed by atoms with Crippen LogP contribution in [0.1, 0.15) is 6.42 Å². The minimum atomic E-state index is -0.316. The van der Waals surface area contributed by atoms with Crippen LogP contribution in [0.3, 0.4) is 0 Å². The van der Waals surface area contributed by atoms with Crippen molar-refractivity contribution in [1.29, 1.82) is 0 Å². The van der Waals surface area contributed by atoms with Crippen LogP contribution in [0.2, 0.25) is 0 Å². The zero-order valence-corrected chi connectivity index (χ0v) is 13.6. The van der Waals surface area contributed by atoms with Crippen LogP contribution in [0.5, 0.6) is 0 Å². The molecule has 0 radical (unpaired) electrons. The number of nitrogens with zero attached hydrogens (tertiary/aromatic N) is 2. The van der Waals surface area contributed by atoms with E-state index in [-0.39, 0.29) is 12.4 Å². The van der Waals surface area contributed by atoms with Crippen molar-refractivity contribution in [3.63, 3.8) is 0 Å². The summed E-state index contributed by atoms with van der Waals surface area (Å²) in [5.74, 6) is 0.697. The van der Waals surface area contributed by atoms with Crippen molar-refractivity contribution in [1.82, 2.24) is 9.97 Å². The first-order valence-electron chi connectivity index (χ1n) is 8.06. The Hall–Kier alpha value is -2.99. The molecular formula is C19H19FN4O. The van der Waals surface area contributed by atoms with E-state index in [9.17, 15) is 4.39 Å². The first-order chi connectivity index (χ1) is 12.2. The number of rotatable bonds is 7. The first kappa shape index (κ1) is 16.9. The van der Waals surface area contributed by atoms with Crippen LogP contribution in [0.4, 0.5) is 21.8 Å². The van der Waals surface area contributed by atoms with Crippen LogP contribution >= 0.6 is 0 Å². The van der Waals surface area contributed by atoms with Crippen LogP contribution < -0.4 is 10.6 Å². The summed E-state index contributed by atoms with van der Waals surface area (Å²) in [5.41, 5.74) is 2.32. The van der Waals surface area contributed by atoms with Gasteiger partial charge in [0.2, 0.25) is 5.95 Å². The van der Waals surface area contributed by atoms with Gasteiger partial charge in [-0.25, -0.2) is 9.37 Å². The highest BCUT2D eigenvalue weighted by atomic mass is 19.1. The lowest BCUT2D eigenvalue weighted by atomic mass is 10.1. The summed E-state index contributed by atoms with van der Waals surface area (Å²) in [6.07, 6.45) is 0.603. The lowest BCUT2D eigenvalue weighted by Gasteiger charge is -2.11. The molecule has 0 aliphatic carbocycles. The average Bonchev–Trinajstić information content (AvgIpc) is 2.63. The number of hydrogen-bond donors (Lipinski definition) is 3. The van der Waals surface area contributed by atoms with Crippen LogP contribution in [0, 0.1) is 5.82 Å². The van der Waals surface area contributed by atoms with Crippen molar-refractivity contribution in [2.45, 2.75) is 6.42 Å². The molecule has 3 rings (SSSR count). The lowest BCUT2D eigenvalue weighted by molar-refractivity contribution is 0.292. The van der Waals surface area contributed by atoms with E-state index in [1.165, 1.54) is 12.1 Å². The monoisotopic (exact) mass is 338 g/mol. The Labute approximate surface area is 145 Å². The van der Waals surface area contributed by atoms with E-state index in [4.69, 9.17) is 5.11 Å². The van der Waals surface area contributed by atoms with Crippen LogP contribution in [-0.4, -0.2) is 28.2 Å². The summed E-state index contributed by atoms with van der Waals surface area (Å²) in [6, 6.07) is 17.8. The molecule has 5 nitrogen and oxygen atoms in total. The second kappa shape index (κ2) is 8.21. The Morgan fingerprint density at radius 3 is 2.56 bits per heavy atom. The van der Waals surface area contributed by atoms with Crippen molar-refractivity contribution < 1.29 is 9.50 Å². The van der Waals surface area contributed by atoms with Gasteiger partial charge in [-0.2, -0.15) is 4.98 Å². The number of nitrogens with one attached hydrogen (secondary N) is 2. The van der Waals surface area contributed by atoms with Gasteiger partial charge >= 0.3 is 0 Å². The van der Waals surface area contributed by atoms with Crippen molar-refractivity contribution in [3.05, 3.63) is 66.5 Å². The summed E-state index contributed by atoms with van der Waals surface area (Å²) < 4.78 is 13.4. The van der Waals surface area contributed by atoms with E-state index in [1.807, 2.05) is 36.4 Å². The molecule has 0 bridgehead atoms. The molecule has 0 fully saturated rings. The van der Waals surface area contributed by atoms with Gasteiger partial charge in [0.1, 0.15) is 11.6 Å². The molecule has 0 saturated carbocycles. The molecule has 6 heteroatoms. The Morgan fingerprint density at radius 1 is 0.960 bits per heavy atom. The van der Waals surface area contributed by atoms with Crippen molar-refractivity contribution in [3.8, 4) is 11.3 Å². The maximum atomic E-state index is 13.4. The molecule has 3 N–H and O–H groups in total. The third-order valence-electron chi connectivity index (χ3n) is 3.51. The summed E-state index contributed by atoms with van der Waals surface area (Å²) >= 11 is 0. The third kappa shape index (κ3) is 4.74. The Kier molecular flexibility index (Phi) is 5.53. The molecule has 0 amide bonds. The van der Waals surface area contributed by atoms with Crippen molar-refractivity contribution in [2.75, 3.05) is 23.8 Å². The van der Waals surface area contributed by atoms with E-state index in [0.29, 0.717) is 30.4 Å². The quantitative estimate of drug-likeness (QED) is 0.571. The summed E-state index contributed by atoms with van der Waals surface area (Å²) in [6.45, 7) is 0.661. The number of aliphatic hydroxyl groups is 1. The largest absolute Gasteiger partial charge is 0.396 e. The van der Waals surface area contributed by atoms with E-state index in [2.05, 4.69) is 20.6 Å². The average molecular weight is 338 g/mol. The van der Waals surface area contributed by atoms with Gasteiger partial charge in [0, 0.05) is 30.5 Å². The first-order valence-corrected chi connectivity index (χ1v) is 8.06. The minimum absolute atomic E-state index is 0.0970. The number of aliphatic hydroxyl groups excluding tert-OH is 1. The van der Waals surface area contributed by atoms with Crippen LogP contribution in [0.25, 0.3) is 11.3 Å². The smallest absolute Gasteiger partial charge is 0.225 e. The molecule has 0 aliphatic heterocycles. The number of halogens is 1. The Balaban J connectivity index is 1.91. The summed E-state index contributed by atoms with van der Waals surface area (Å²) in [7, 11) is 0. The summed E-state index contributed by atoms with van der Waals surface area (Å²) in [4.78, 5) is 8.93. The van der Waals surface area contributed by atoms with Gasteiger partial charge < -0.3 is 15.7 Å². The molecule has 1 aromatic heterocycles. The topological polar surface area (TPSA) is 70.1 Å². The van der Waals surface area contributed by atoms with Crippen molar-refractivity contribution >= 4 is 17.5 Å². The predicted octanol–water partition coefficient (Wildman–Crippen LogP) is 3.82. The highest BCUT2D eigenvalue weighted by Gasteiger charge is 2.07. The van der Waals surface area contributed by atoms with E-state index >= 15 is 0 Å². The summed E-state index contributed by atoms with van der Waals surface area (Å²) in [5, 5.41) is 15.1. The zero-order valence-electron chi connectivity index (χ0n) is 13.6. The van der Waals surface area contributed by atoms with Crippen LogP contribution in [-0.2, 0) is 0 Å². The van der Waals surface area contributed by atoms with Gasteiger partial charge in [0.25, 0.3) is 0 Å². The van der Waals surface area contributed by atoms with E-state index < -0.39 is 0 Å². The molecule has 0 saturated heterocycles. The van der Waals surface area contributed by atoms with Crippen LogP contribution in [0.15, 0.2) is 60.7 Å². The number of anilines is 3. The highest BCUT2D eigenvalue weighted by Crippen LogP contribution is 2.23. The molecule has 0 atom stereocenters. The molecule has 1 heterocycles. The maximum absolute atomic E-state index is 13.4. The Morgan fingerprint density at radius 2 is 1.80 bits per heavy atom. The molecule has 2 aromatic carbocycles. The van der Waals surface area contributed by atoms with Gasteiger partial charge in [0.15, 0.2) is 0 Å². The fourth-order valence-electron chi connectivity index (χ4n) is 2.34. The number of benzene rings is 2. The van der Waals surface area contributed by atoms with Gasteiger partial charge in [-0.3, -0.25) is 0 Å². The van der Waals surface area contributed by atoms with E-state index in [1.54, 1.807) is 12.1 Å². The molecular weight excluding hydrogens is 319 g/mol. The SMILES string of the molecule is OCCCNc1nc(Nc2cccc(F)c2)cc(-c2ccccc2)n1. The molecule has 0 spiro atoms. The van der Waals surface area contributed by atoms with E-state index in [0.717, 1.165) is 11.3 Å². The number of aromatic nitrogens is 2. The molecule has 0 unspecified atom stereocenters. The van der Waals surface area contributed by atoms with Crippen molar-refractivity contribution in [2.24, 2.45) is 0 Å². The zero-order chi connectivity index (χ0) is 17.5. The third-order valence-corrected chi connectivity index (χ3v) is 3.51. The predicted molar refractivity (Wildman–Crippen MR) is 97.3 cm³/mol. The molecule has 3 aromatic rings. The fraction of sp³-hybridized carbons (Fsp3) is 0.158. The molecule has 25 heavy (non-hydrogen) atoms. The molecule has 0 aliphatic rings. The van der Waals surface area contributed by atoms with Gasteiger partial charge in [0.05, 0.1) is 5.69 Å². The maximum Gasteiger partial charge on any atom is 0.225 e. The number of hydrogen-bond acceptors (Lipinski definition) is 5. The lowest BCUT2D eigenvalue weighted by Crippen LogP contribution is -2.08.